The fraction of sp³-hybridized carbons (Fsp3) is 0.500. The van der Waals surface area contributed by atoms with Crippen molar-refractivity contribution in [1.82, 2.24) is 5.32 Å². The summed E-state index contributed by atoms with van der Waals surface area (Å²) in [7, 11) is 0. The predicted octanol–water partition coefficient (Wildman–Crippen LogP) is 2.91. The molecule has 0 heterocycles. The van der Waals surface area contributed by atoms with Gasteiger partial charge >= 0.3 is 0 Å². The first kappa shape index (κ1) is 16.3. The summed E-state index contributed by atoms with van der Waals surface area (Å²) >= 11 is 1.80. The zero-order valence-corrected chi connectivity index (χ0v) is 12.8. The fourth-order valence-corrected chi connectivity index (χ4v) is 2.29. The van der Waals surface area contributed by atoms with Gasteiger partial charge in [-0.1, -0.05) is 12.1 Å². The molecule has 19 heavy (non-hydrogen) atoms. The maximum Gasteiger partial charge on any atom is 0.238 e. The van der Waals surface area contributed by atoms with E-state index in [0.717, 1.165) is 23.9 Å². The molecule has 5 heteroatoms. The molecule has 0 atom stereocenters. The van der Waals surface area contributed by atoms with Gasteiger partial charge in [0.1, 0.15) is 0 Å². The molecule has 1 saturated carbocycles. The zero-order chi connectivity index (χ0) is 12.8. The third-order valence-electron chi connectivity index (χ3n) is 2.96. The number of carbonyl (C=O) groups is 1. The SMILES string of the molecule is CSCc1ccc(NC(=O)CNCC2CC2)cc1.Cl. The lowest BCUT2D eigenvalue weighted by Crippen LogP contribution is -2.29. The normalized spacial score (nSPS) is 13.7. The van der Waals surface area contributed by atoms with Crippen LogP contribution in [-0.2, 0) is 10.5 Å². The number of hydrogen-bond acceptors (Lipinski definition) is 3. The van der Waals surface area contributed by atoms with E-state index >= 15 is 0 Å². The van der Waals surface area contributed by atoms with Crippen LogP contribution in [0.25, 0.3) is 0 Å². The average molecular weight is 301 g/mol. The van der Waals surface area contributed by atoms with Gasteiger partial charge in [0, 0.05) is 11.4 Å². The molecule has 1 aliphatic carbocycles. The van der Waals surface area contributed by atoms with Crippen LogP contribution in [-0.4, -0.2) is 25.3 Å². The van der Waals surface area contributed by atoms with Crippen molar-refractivity contribution in [3.63, 3.8) is 0 Å². The number of benzene rings is 1. The van der Waals surface area contributed by atoms with E-state index in [2.05, 4.69) is 29.0 Å². The molecule has 1 aromatic carbocycles. The molecule has 106 valence electrons. The van der Waals surface area contributed by atoms with Crippen LogP contribution in [0.2, 0.25) is 0 Å². The Bertz CT molecular complexity index is 393. The summed E-state index contributed by atoms with van der Waals surface area (Å²) in [5, 5.41) is 6.08. The minimum absolute atomic E-state index is 0. The Kier molecular flexibility index (Phi) is 7.28. The van der Waals surface area contributed by atoms with E-state index in [1.165, 1.54) is 18.4 Å². The van der Waals surface area contributed by atoms with E-state index in [1.54, 1.807) is 11.8 Å². The second-order valence-electron chi connectivity index (χ2n) is 4.75. The van der Waals surface area contributed by atoms with Crippen LogP contribution >= 0.6 is 24.2 Å². The number of thioether (sulfide) groups is 1. The summed E-state index contributed by atoms with van der Waals surface area (Å²) in [5.41, 5.74) is 2.16. The van der Waals surface area contributed by atoms with Crippen molar-refractivity contribution in [3.8, 4) is 0 Å². The average Bonchev–Trinajstić information content (AvgIpc) is 3.16. The Morgan fingerprint density at radius 1 is 1.32 bits per heavy atom. The molecule has 1 aromatic rings. The molecule has 0 bridgehead atoms. The molecule has 2 N–H and O–H groups in total. The molecule has 1 aliphatic rings. The molecule has 1 amide bonds. The molecule has 0 saturated heterocycles. The van der Waals surface area contributed by atoms with E-state index in [1.807, 2.05) is 12.1 Å². The minimum atomic E-state index is 0. The van der Waals surface area contributed by atoms with Crippen LogP contribution < -0.4 is 10.6 Å². The quantitative estimate of drug-likeness (QED) is 0.813. The Morgan fingerprint density at radius 3 is 2.58 bits per heavy atom. The largest absolute Gasteiger partial charge is 0.325 e. The second-order valence-corrected chi connectivity index (χ2v) is 5.62. The monoisotopic (exact) mass is 300 g/mol. The number of anilines is 1. The van der Waals surface area contributed by atoms with Crippen molar-refractivity contribution in [2.75, 3.05) is 24.7 Å². The standard InChI is InChI=1S/C14H20N2OS.ClH/c1-18-10-12-4-6-13(7-5-12)16-14(17)9-15-8-11-2-3-11;/h4-7,11,15H,2-3,8-10H2,1H3,(H,16,17);1H. The van der Waals surface area contributed by atoms with Crippen LogP contribution in [0.15, 0.2) is 24.3 Å². The topological polar surface area (TPSA) is 41.1 Å². The number of hydrogen-bond donors (Lipinski definition) is 2. The van der Waals surface area contributed by atoms with Gasteiger partial charge in [-0.2, -0.15) is 11.8 Å². The number of halogens is 1. The highest BCUT2D eigenvalue weighted by Crippen LogP contribution is 2.27. The van der Waals surface area contributed by atoms with E-state index in [9.17, 15) is 4.79 Å². The van der Waals surface area contributed by atoms with Gasteiger partial charge in [-0.25, -0.2) is 0 Å². The van der Waals surface area contributed by atoms with Crippen LogP contribution in [0.1, 0.15) is 18.4 Å². The fourth-order valence-electron chi connectivity index (χ4n) is 1.77. The lowest BCUT2D eigenvalue weighted by molar-refractivity contribution is -0.115. The lowest BCUT2D eigenvalue weighted by Gasteiger charge is -2.07. The highest BCUT2D eigenvalue weighted by Gasteiger charge is 2.20. The van der Waals surface area contributed by atoms with E-state index in [4.69, 9.17) is 0 Å². The van der Waals surface area contributed by atoms with E-state index in [0.29, 0.717) is 6.54 Å². The van der Waals surface area contributed by atoms with Gasteiger partial charge in [-0.15, -0.1) is 12.4 Å². The van der Waals surface area contributed by atoms with Crippen LogP contribution in [0.3, 0.4) is 0 Å². The van der Waals surface area contributed by atoms with Crippen LogP contribution in [0, 0.1) is 5.92 Å². The highest BCUT2D eigenvalue weighted by atomic mass is 35.5. The molecule has 0 aromatic heterocycles. The zero-order valence-electron chi connectivity index (χ0n) is 11.1. The Hall–Kier alpha value is -0.710. The molecule has 0 spiro atoms. The number of nitrogens with one attached hydrogen (secondary N) is 2. The summed E-state index contributed by atoms with van der Waals surface area (Å²) in [6.07, 6.45) is 4.71. The summed E-state index contributed by atoms with van der Waals surface area (Å²) in [4.78, 5) is 11.6. The van der Waals surface area contributed by atoms with Gasteiger partial charge in [0.25, 0.3) is 0 Å². The Balaban J connectivity index is 0.00000180. The lowest BCUT2D eigenvalue weighted by atomic mass is 10.2. The molecule has 0 radical (unpaired) electrons. The van der Waals surface area contributed by atoms with Crippen molar-refractivity contribution in [3.05, 3.63) is 29.8 Å². The number of amides is 1. The Morgan fingerprint density at radius 2 is 2.00 bits per heavy atom. The smallest absolute Gasteiger partial charge is 0.238 e. The van der Waals surface area contributed by atoms with Gasteiger partial charge in [0.15, 0.2) is 0 Å². The van der Waals surface area contributed by atoms with Crippen molar-refractivity contribution in [2.45, 2.75) is 18.6 Å². The molecular formula is C14H21ClN2OS. The number of carbonyl (C=O) groups excluding carboxylic acids is 1. The maximum atomic E-state index is 11.6. The summed E-state index contributed by atoms with van der Waals surface area (Å²) in [6, 6.07) is 8.04. The Labute approximate surface area is 125 Å². The van der Waals surface area contributed by atoms with Crippen LogP contribution in [0.4, 0.5) is 5.69 Å². The van der Waals surface area contributed by atoms with Gasteiger partial charge in [0.05, 0.1) is 6.54 Å². The third-order valence-corrected chi connectivity index (χ3v) is 3.59. The summed E-state index contributed by atoms with van der Waals surface area (Å²) in [6.45, 7) is 1.38. The van der Waals surface area contributed by atoms with Crippen molar-refractivity contribution in [1.29, 1.82) is 0 Å². The van der Waals surface area contributed by atoms with Crippen molar-refractivity contribution >= 4 is 35.8 Å². The highest BCUT2D eigenvalue weighted by molar-refractivity contribution is 7.97. The van der Waals surface area contributed by atoms with Gasteiger partial charge < -0.3 is 10.6 Å². The minimum Gasteiger partial charge on any atom is -0.325 e. The molecule has 0 aliphatic heterocycles. The van der Waals surface area contributed by atoms with E-state index in [-0.39, 0.29) is 18.3 Å². The van der Waals surface area contributed by atoms with Gasteiger partial charge in [-0.3, -0.25) is 4.79 Å². The van der Waals surface area contributed by atoms with Crippen LogP contribution in [0.5, 0.6) is 0 Å². The third kappa shape index (κ3) is 6.32. The second kappa shape index (κ2) is 8.46. The predicted molar refractivity (Wildman–Crippen MR) is 85.1 cm³/mol. The maximum absolute atomic E-state index is 11.6. The first-order valence-electron chi connectivity index (χ1n) is 6.36. The van der Waals surface area contributed by atoms with E-state index < -0.39 is 0 Å². The van der Waals surface area contributed by atoms with Crippen molar-refractivity contribution in [2.24, 2.45) is 5.92 Å². The summed E-state index contributed by atoms with van der Waals surface area (Å²) < 4.78 is 0. The molecular weight excluding hydrogens is 280 g/mol. The van der Waals surface area contributed by atoms with Crippen molar-refractivity contribution < 1.29 is 4.79 Å². The van der Waals surface area contributed by atoms with Gasteiger partial charge in [-0.05, 0) is 49.3 Å². The van der Waals surface area contributed by atoms with Gasteiger partial charge in [0.2, 0.25) is 5.91 Å². The first-order valence-corrected chi connectivity index (χ1v) is 7.76. The first-order chi connectivity index (χ1) is 8.78. The summed E-state index contributed by atoms with van der Waals surface area (Å²) in [5.74, 6) is 1.86. The molecule has 3 nitrogen and oxygen atoms in total. The number of rotatable bonds is 7. The molecule has 0 unspecified atom stereocenters. The molecule has 1 fully saturated rings. The molecule has 2 rings (SSSR count).